The van der Waals surface area contributed by atoms with Crippen LogP contribution in [-0.2, 0) is 0 Å². The van der Waals surface area contributed by atoms with E-state index >= 15 is 0 Å². The van der Waals surface area contributed by atoms with Crippen LogP contribution < -0.4 is 16.8 Å². The zero-order valence-corrected chi connectivity index (χ0v) is 13.8. The van der Waals surface area contributed by atoms with E-state index in [0.717, 1.165) is 32.1 Å². The first kappa shape index (κ1) is 21.1. The Morgan fingerprint density at radius 3 is 2.46 bits per heavy atom. The van der Waals surface area contributed by atoms with Gasteiger partial charge in [0.1, 0.15) is 0 Å². The van der Waals surface area contributed by atoms with Gasteiger partial charge in [0.15, 0.2) is 6.19 Å². The second kappa shape index (κ2) is 13.7. The highest BCUT2D eigenvalue weighted by atomic mass is 15.1. The largest absolute Gasteiger partial charge is 0.369 e. The molecule has 0 aromatic heterocycles. The monoisotopic (exact) mass is 331 g/mol. The van der Waals surface area contributed by atoms with Crippen LogP contribution in [0.4, 0.5) is 0 Å². The third kappa shape index (κ3) is 12.8. The van der Waals surface area contributed by atoms with E-state index in [0.29, 0.717) is 30.8 Å². The standard InChI is InChI=1S/C15H25N9/c1-21-10-13(18)9-12(17)7-5-3-2-4-6-8-22-14(19)24-15(20)23-11-16/h17-18H,2-10H2,(H5,19,20,22,23,24). The number of hydrogen-bond acceptors (Lipinski definition) is 4. The summed E-state index contributed by atoms with van der Waals surface area (Å²) < 4.78 is 0. The zero-order chi connectivity index (χ0) is 18.2. The van der Waals surface area contributed by atoms with Gasteiger partial charge in [-0.1, -0.05) is 19.3 Å². The maximum Gasteiger partial charge on any atom is 0.252 e. The Labute approximate surface area is 142 Å². The van der Waals surface area contributed by atoms with Gasteiger partial charge in [0.25, 0.3) is 6.54 Å². The lowest BCUT2D eigenvalue weighted by atomic mass is 10.0. The molecule has 0 aliphatic rings. The number of rotatable bonds is 11. The second-order valence-corrected chi connectivity index (χ2v) is 5.19. The topological polar surface area (TPSA) is 165 Å². The number of nitrogens with two attached hydrogens (primary N) is 2. The molecule has 0 saturated heterocycles. The van der Waals surface area contributed by atoms with Crippen LogP contribution in [0, 0.1) is 28.8 Å². The van der Waals surface area contributed by atoms with Crippen LogP contribution in [0.5, 0.6) is 0 Å². The van der Waals surface area contributed by atoms with Gasteiger partial charge in [-0.25, -0.2) is 6.57 Å². The molecule has 24 heavy (non-hydrogen) atoms. The highest BCUT2D eigenvalue weighted by molar-refractivity contribution is 6.03. The van der Waals surface area contributed by atoms with Gasteiger partial charge in [-0.3, -0.25) is 10.3 Å². The molecule has 0 aromatic carbocycles. The molecule has 9 heteroatoms. The number of nitrogens with one attached hydrogen (secondary N) is 3. The normalized spacial score (nSPS) is 11.4. The Morgan fingerprint density at radius 2 is 1.79 bits per heavy atom. The van der Waals surface area contributed by atoms with Crippen molar-refractivity contribution in [2.45, 2.75) is 44.9 Å². The van der Waals surface area contributed by atoms with Gasteiger partial charge in [-0.15, -0.1) is 0 Å². The third-order valence-electron chi connectivity index (χ3n) is 3.03. The molecule has 0 rings (SSSR count). The summed E-state index contributed by atoms with van der Waals surface area (Å²) >= 11 is 0. The molecule has 0 atom stereocenters. The highest BCUT2D eigenvalue weighted by Gasteiger charge is 2.04. The quantitative estimate of drug-likeness (QED) is 0.0964. The fourth-order valence-corrected chi connectivity index (χ4v) is 1.92. The number of aliphatic imine (C=N–C) groups is 2. The van der Waals surface area contributed by atoms with Crippen molar-refractivity contribution in [2.75, 3.05) is 13.1 Å². The van der Waals surface area contributed by atoms with Crippen LogP contribution in [0.2, 0.25) is 0 Å². The van der Waals surface area contributed by atoms with Crippen molar-refractivity contribution >= 4 is 23.3 Å². The molecule has 0 amide bonds. The molecule has 0 unspecified atom stereocenters. The number of hydrogen-bond donors (Lipinski definition) is 5. The molecular weight excluding hydrogens is 306 g/mol. The highest BCUT2D eigenvalue weighted by Crippen LogP contribution is 2.07. The Morgan fingerprint density at radius 1 is 1.12 bits per heavy atom. The summed E-state index contributed by atoms with van der Waals surface area (Å²) in [5.41, 5.74) is 11.7. The van der Waals surface area contributed by atoms with Crippen molar-refractivity contribution in [1.29, 1.82) is 16.1 Å². The Balaban J connectivity index is 3.66. The average molecular weight is 331 g/mol. The molecule has 0 heterocycles. The summed E-state index contributed by atoms with van der Waals surface area (Å²) in [4.78, 5) is 10.9. The first-order valence-corrected chi connectivity index (χ1v) is 7.74. The van der Waals surface area contributed by atoms with E-state index in [-0.39, 0.29) is 18.5 Å². The third-order valence-corrected chi connectivity index (χ3v) is 3.03. The molecule has 0 aliphatic carbocycles. The smallest absolute Gasteiger partial charge is 0.252 e. The predicted octanol–water partition coefficient (Wildman–Crippen LogP) is 1.38. The summed E-state index contributed by atoms with van der Waals surface area (Å²) in [5, 5.41) is 25.7. The molecule has 9 nitrogen and oxygen atoms in total. The van der Waals surface area contributed by atoms with Gasteiger partial charge >= 0.3 is 0 Å². The minimum absolute atomic E-state index is 0.0468. The van der Waals surface area contributed by atoms with E-state index in [1.54, 1.807) is 6.19 Å². The second-order valence-electron chi connectivity index (χ2n) is 5.19. The Hall–Kier alpha value is -2.94. The van der Waals surface area contributed by atoms with Gasteiger partial charge in [0.2, 0.25) is 11.9 Å². The number of guanidine groups is 2. The van der Waals surface area contributed by atoms with Crippen LogP contribution >= 0.6 is 0 Å². The molecule has 0 radical (unpaired) electrons. The first-order valence-electron chi connectivity index (χ1n) is 7.74. The molecular formula is C15H25N9. The van der Waals surface area contributed by atoms with Crippen LogP contribution in [0.1, 0.15) is 44.9 Å². The van der Waals surface area contributed by atoms with Crippen molar-refractivity contribution in [3.63, 3.8) is 0 Å². The van der Waals surface area contributed by atoms with Gasteiger partial charge in [0.05, 0.1) is 5.71 Å². The SMILES string of the molecule is [C-]#[N+]CC(=N)CC(=N)CCCCCCCN=C(N)N=C(N)NC#N. The van der Waals surface area contributed by atoms with Crippen LogP contribution in [0.3, 0.4) is 0 Å². The Kier molecular flexibility index (Phi) is 12.0. The van der Waals surface area contributed by atoms with Crippen molar-refractivity contribution in [3.8, 4) is 6.19 Å². The van der Waals surface area contributed by atoms with E-state index in [2.05, 4.69) is 20.1 Å². The zero-order valence-electron chi connectivity index (χ0n) is 13.8. The van der Waals surface area contributed by atoms with E-state index < -0.39 is 0 Å². The molecule has 0 aliphatic heterocycles. The molecule has 0 bridgehead atoms. The number of unbranched alkanes of at least 4 members (excludes halogenated alkanes) is 4. The minimum Gasteiger partial charge on any atom is -0.369 e. The fraction of sp³-hybridized carbons (Fsp3) is 0.600. The molecule has 130 valence electrons. The van der Waals surface area contributed by atoms with Crippen molar-refractivity contribution in [1.82, 2.24) is 5.32 Å². The predicted molar refractivity (Wildman–Crippen MR) is 96.1 cm³/mol. The van der Waals surface area contributed by atoms with Gasteiger partial charge in [0, 0.05) is 18.7 Å². The van der Waals surface area contributed by atoms with Crippen LogP contribution in [0.15, 0.2) is 9.98 Å². The molecule has 0 aromatic rings. The summed E-state index contributed by atoms with van der Waals surface area (Å²) in [5.74, 6) is -0.0313. The Bertz CT molecular complexity index is 548. The summed E-state index contributed by atoms with van der Waals surface area (Å²) in [6.07, 6.45) is 7.53. The van der Waals surface area contributed by atoms with E-state index in [9.17, 15) is 0 Å². The van der Waals surface area contributed by atoms with Crippen molar-refractivity contribution < 1.29 is 0 Å². The van der Waals surface area contributed by atoms with Crippen LogP contribution in [-0.4, -0.2) is 36.4 Å². The van der Waals surface area contributed by atoms with Crippen molar-refractivity contribution in [2.24, 2.45) is 21.5 Å². The first-order chi connectivity index (χ1) is 11.5. The minimum atomic E-state index is -0.0781. The van der Waals surface area contributed by atoms with Crippen molar-refractivity contribution in [3.05, 3.63) is 11.4 Å². The lowest BCUT2D eigenvalue weighted by Gasteiger charge is -2.03. The van der Waals surface area contributed by atoms with Gasteiger partial charge in [-0.2, -0.15) is 10.3 Å². The number of nitrogens with zero attached hydrogens (tertiary/aromatic N) is 4. The van der Waals surface area contributed by atoms with E-state index in [4.69, 9.17) is 34.1 Å². The summed E-state index contributed by atoms with van der Waals surface area (Å²) in [6, 6.07) is 0. The number of nitriles is 1. The maximum absolute atomic E-state index is 8.33. The van der Waals surface area contributed by atoms with Crippen LogP contribution in [0.25, 0.3) is 4.85 Å². The lowest BCUT2D eigenvalue weighted by molar-refractivity contribution is 0.626. The fourth-order valence-electron chi connectivity index (χ4n) is 1.92. The molecule has 7 N–H and O–H groups in total. The molecule has 0 saturated carbocycles. The molecule has 0 fully saturated rings. The van der Waals surface area contributed by atoms with Gasteiger partial charge < -0.3 is 27.1 Å². The lowest BCUT2D eigenvalue weighted by Crippen LogP contribution is -2.30. The van der Waals surface area contributed by atoms with E-state index in [1.165, 1.54) is 0 Å². The molecule has 0 spiro atoms. The average Bonchev–Trinajstić information content (AvgIpc) is 2.50. The van der Waals surface area contributed by atoms with E-state index in [1.807, 2.05) is 0 Å². The summed E-state index contributed by atoms with van der Waals surface area (Å²) in [7, 11) is 0. The summed E-state index contributed by atoms with van der Waals surface area (Å²) in [6.45, 7) is 7.32. The van der Waals surface area contributed by atoms with Gasteiger partial charge in [-0.05, 0) is 19.3 Å². The maximum atomic E-state index is 8.33.